The van der Waals surface area contributed by atoms with E-state index in [0.717, 1.165) is 6.42 Å². The van der Waals surface area contributed by atoms with Crippen LogP contribution in [0.4, 0.5) is 0 Å². The van der Waals surface area contributed by atoms with Gasteiger partial charge in [0.2, 0.25) is 0 Å². The molecule has 0 nitrogen and oxygen atoms in total. The van der Waals surface area contributed by atoms with Crippen LogP contribution in [0.15, 0.2) is 121 Å². The van der Waals surface area contributed by atoms with Crippen LogP contribution < -0.4 is 0 Å². The van der Waals surface area contributed by atoms with Crippen LogP contribution in [0.2, 0.25) is 0 Å². The van der Waals surface area contributed by atoms with E-state index in [1.165, 1.54) is 77.5 Å². The van der Waals surface area contributed by atoms with E-state index < -0.39 is 0 Å². The summed E-state index contributed by atoms with van der Waals surface area (Å²) in [6.45, 7) is 0. The Bertz CT molecular complexity index is 1870. The Morgan fingerprint density at radius 2 is 1.00 bits per heavy atom. The van der Waals surface area contributed by atoms with Crippen molar-refractivity contribution in [2.75, 3.05) is 0 Å². The summed E-state index contributed by atoms with van der Waals surface area (Å²) < 4.78 is 0. The Morgan fingerprint density at radius 1 is 0.417 bits per heavy atom. The van der Waals surface area contributed by atoms with Crippen molar-refractivity contribution in [1.82, 2.24) is 0 Å². The summed E-state index contributed by atoms with van der Waals surface area (Å²) in [6, 6.07) is 45.7. The van der Waals surface area contributed by atoms with Gasteiger partial charge in [-0.2, -0.15) is 0 Å². The molecule has 0 saturated heterocycles. The normalized spacial score (nSPS) is 14.8. The van der Waals surface area contributed by atoms with Crippen LogP contribution in [0.1, 0.15) is 33.4 Å². The molecule has 0 bridgehead atoms. The highest BCUT2D eigenvalue weighted by molar-refractivity contribution is 6.00. The van der Waals surface area contributed by atoms with Crippen LogP contribution in [-0.4, -0.2) is 0 Å². The molecule has 0 atom stereocenters. The third-order valence-corrected chi connectivity index (χ3v) is 8.92. The van der Waals surface area contributed by atoms with Gasteiger partial charge in [0.05, 0.1) is 5.41 Å². The van der Waals surface area contributed by atoms with Crippen molar-refractivity contribution in [3.8, 4) is 33.4 Å². The minimum Gasteiger partial charge on any atom is -0.0619 e. The first-order chi connectivity index (χ1) is 17.9. The smallest absolute Gasteiger partial charge is 0.0619 e. The second kappa shape index (κ2) is 6.42. The van der Waals surface area contributed by atoms with Gasteiger partial charge in [0.25, 0.3) is 0 Å². The van der Waals surface area contributed by atoms with E-state index in [1.807, 2.05) is 0 Å². The highest BCUT2D eigenvalue weighted by atomic mass is 14.5. The lowest BCUT2D eigenvalue weighted by atomic mass is 9.70. The van der Waals surface area contributed by atoms with Crippen molar-refractivity contribution < 1.29 is 0 Å². The Balaban J connectivity index is 1.40. The predicted molar refractivity (Wildman–Crippen MR) is 148 cm³/mol. The molecule has 9 rings (SSSR count). The Hall–Kier alpha value is -4.42. The molecule has 0 saturated carbocycles. The fraction of sp³-hybridized carbons (Fsp3) is 0.0556. The molecule has 166 valence electrons. The molecule has 6 aromatic rings. The minimum atomic E-state index is -0.259. The Labute approximate surface area is 210 Å². The zero-order chi connectivity index (χ0) is 23.4. The van der Waals surface area contributed by atoms with Gasteiger partial charge in [-0.25, -0.2) is 0 Å². The highest BCUT2D eigenvalue weighted by Crippen LogP contribution is 2.63. The van der Waals surface area contributed by atoms with Gasteiger partial charge < -0.3 is 0 Å². The average molecular weight is 455 g/mol. The molecule has 0 aliphatic heterocycles. The molecule has 36 heavy (non-hydrogen) atoms. The zero-order valence-corrected chi connectivity index (χ0v) is 19.8. The maximum Gasteiger partial charge on any atom is 0.0725 e. The largest absolute Gasteiger partial charge is 0.0725 e. The lowest BCUT2D eigenvalue weighted by Gasteiger charge is -2.30. The molecule has 6 aromatic carbocycles. The van der Waals surface area contributed by atoms with Gasteiger partial charge in [-0.3, -0.25) is 0 Å². The van der Waals surface area contributed by atoms with Gasteiger partial charge in [0.1, 0.15) is 0 Å². The van der Waals surface area contributed by atoms with E-state index in [2.05, 4.69) is 121 Å². The van der Waals surface area contributed by atoms with Crippen LogP contribution >= 0.6 is 0 Å². The summed E-state index contributed by atoms with van der Waals surface area (Å²) in [5.41, 5.74) is 16.6. The molecule has 0 unspecified atom stereocenters. The number of benzene rings is 6. The van der Waals surface area contributed by atoms with Gasteiger partial charge in [-0.1, -0.05) is 115 Å². The monoisotopic (exact) mass is 454 g/mol. The molecule has 0 aromatic heterocycles. The second-order valence-corrected chi connectivity index (χ2v) is 10.4. The summed E-state index contributed by atoms with van der Waals surface area (Å²) in [4.78, 5) is 0. The van der Waals surface area contributed by atoms with Crippen molar-refractivity contribution in [1.29, 1.82) is 0 Å². The van der Waals surface area contributed by atoms with Gasteiger partial charge in [-0.05, 0) is 90.0 Å². The number of hydrogen-bond acceptors (Lipinski definition) is 0. The first-order valence-electron chi connectivity index (χ1n) is 12.8. The molecule has 0 amide bonds. The van der Waals surface area contributed by atoms with Crippen molar-refractivity contribution in [2.45, 2.75) is 11.8 Å². The maximum atomic E-state index is 2.55. The topological polar surface area (TPSA) is 0 Å². The molecule has 1 spiro atoms. The second-order valence-electron chi connectivity index (χ2n) is 10.4. The molecule has 0 radical (unpaired) electrons. The summed E-state index contributed by atoms with van der Waals surface area (Å²) in [7, 11) is 0. The molecule has 0 fully saturated rings. The van der Waals surface area contributed by atoms with Crippen LogP contribution in [0.5, 0.6) is 0 Å². The van der Waals surface area contributed by atoms with Crippen LogP contribution in [-0.2, 0) is 11.8 Å². The summed E-state index contributed by atoms with van der Waals surface area (Å²) in [5.74, 6) is 0. The molecule has 0 N–H and O–H groups in total. The standard InChI is InChI=1S/C36H22/c1-2-10-24-22(9-1)17-18-25-29-21-31-28-13-5-8-16-34(28)36(35(31)20-23(29)19-30(24)25)32-14-6-3-11-26(32)27-12-4-7-15-33(27)36/h1-18,20-21H,19H2. The van der Waals surface area contributed by atoms with E-state index in [1.54, 1.807) is 0 Å². The number of rotatable bonds is 0. The van der Waals surface area contributed by atoms with Gasteiger partial charge in [0, 0.05) is 0 Å². The van der Waals surface area contributed by atoms with Gasteiger partial charge in [-0.15, -0.1) is 0 Å². The van der Waals surface area contributed by atoms with Crippen LogP contribution in [0.3, 0.4) is 0 Å². The predicted octanol–water partition coefficient (Wildman–Crippen LogP) is 8.75. The van der Waals surface area contributed by atoms with Gasteiger partial charge >= 0.3 is 0 Å². The Morgan fingerprint density at radius 3 is 1.69 bits per heavy atom. The van der Waals surface area contributed by atoms with Gasteiger partial charge in [0.15, 0.2) is 0 Å². The molecule has 0 heterocycles. The van der Waals surface area contributed by atoms with Crippen molar-refractivity contribution in [3.63, 3.8) is 0 Å². The molecular weight excluding hydrogens is 432 g/mol. The van der Waals surface area contributed by atoms with Crippen molar-refractivity contribution in [2.24, 2.45) is 0 Å². The van der Waals surface area contributed by atoms with E-state index in [4.69, 9.17) is 0 Å². The fourth-order valence-electron chi connectivity index (χ4n) is 7.55. The van der Waals surface area contributed by atoms with E-state index >= 15 is 0 Å². The molecule has 3 aliphatic rings. The first kappa shape index (κ1) is 18.9. The van der Waals surface area contributed by atoms with Crippen LogP contribution in [0, 0.1) is 0 Å². The maximum absolute atomic E-state index is 2.55. The average Bonchev–Trinajstić information content (AvgIpc) is 3.56. The first-order valence-corrected chi connectivity index (χ1v) is 12.8. The molecule has 0 heteroatoms. The fourth-order valence-corrected chi connectivity index (χ4v) is 7.55. The summed E-state index contributed by atoms with van der Waals surface area (Å²) in [6.07, 6.45) is 0.995. The summed E-state index contributed by atoms with van der Waals surface area (Å²) in [5, 5.41) is 2.72. The quantitative estimate of drug-likeness (QED) is 0.215. The lowest BCUT2D eigenvalue weighted by molar-refractivity contribution is 0.792. The van der Waals surface area contributed by atoms with E-state index in [0.29, 0.717) is 0 Å². The number of fused-ring (bicyclic) bond motifs is 15. The molecule has 3 aliphatic carbocycles. The van der Waals surface area contributed by atoms with Crippen LogP contribution in [0.25, 0.3) is 44.2 Å². The third kappa shape index (κ3) is 2.05. The van der Waals surface area contributed by atoms with Crippen molar-refractivity contribution in [3.05, 3.63) is 155 Å². The molecular formula is C36H22. The van der Waals surface area contributed by atoms with E-state index in [-0.39, 0.29) is 5.41 Å². The highest BCUT2D eigenvalue weighted by Gasteiger charge is 2.51. The lowest BCUT2D eigenvalue weighted by Crippen LogP contribution is -2.26. The number of hydrogen-bond donors (Lipinski definition) is 0. The minimum absolute atomic E-state index is 0.259. The zero-order valence-electron chi connectivity index (χ0n) is 19.8. The summed E-state index contributed by atoms with van der Waals surface area (Å²) >= 11 is 0. The van der Waals surface area contributed by atoms with Crippen molar-refractivity contribution >= 4 is 10.8 Å². The SMILES string of the molecule is c1ccc2c(c1)-c1ccccc1C21c2ccccc2-c2cc3c(cc21)Cc1c-3ccc2ccccc12. The van der Waals surface area contributed by atoms with E-state index in [9.17, 15) is 0 Å². The Kier molecular flexibility index (Phi) is 3.36. The third-order valence-electron chi connectivity index (χ3n) is 8.92.